The molecule has 0 saturated carbocycles. The van der Waals surface area contributed by atoms with Crippen molar-refractivity contribution in [3.63, 3.8) is 0 Å². The maximum Gasteiger partial charge on any atom is 0.0223 e. The van der Waals surface area contributed by atoms with Crippen molar-refractivity contribution in [2.24, 2.45) is 5.73 Å². The van der Waals surface area contributed by atoms with Gasteiger partial charge < -0.3 is 5.73 Å². The molecule has 0 radical (unpaired) electrons. The Labute approximate surface area is 159 Å². The van der Waals surface area contributed by atoms with Crippen LogP contribution in [0.5, 0.6) is 0 Å². The fourth-order valence-electron chi connectivity index (χ4n) is 2.86. The highest BCUT2D eigenvalue weighted by atomic mass is 35.5. The predicted octanol–water partition coefficient (Wildman–Crippen LogP) is 8.23. The minimum atomic E-state index is 0.474. The average Bonchev–Trinajstić information content (AvgIpc) is 2.59. The summed E-state index contributed by atoms with van der Waals surface area (Å²) in [5.41, 5.74) is 6.16. The lowest BCUT2D eigenvalue weighted by molar-refractivity contribution is 0.484. The summed E-state index contributed by atoms with van der Waals surface area (Å²) >= 11 is 5.38. The van der Waals surface area contributed by atoms with Crippen LogP contribution in [-0.2, 0) is 0 Å². The molecule has 0 bridgehead atoms. The summed E-state index contributed by atoms with van der Waals surface area (Å²) in [6, 6.07) is 0.474. The maximum atomic E-state index is 6.16. The number of rotatable bonds is 17. The van der Waals surface area contributed by atoms with Gasteiger partial charge in [0.15, 0.2) is 0 Å². The van der Waals surface area contributed by atoms with Gasteiger partial charge in [0.05, 0.1) is 0 Å². The molecular weight excluding hydrogens is 314 g/mol. The first-order valence-electron chi connectivity index (χ1n) is 11.0. The van der Waals surface area contributed by atoms with Crippen LogP contribution >= 0.6 is 11.6 Å². The van der Waals surface area contributed by atoms with E-state index in [1.54, 1.807) is 0 Å². The smallest absolute Gasteiger partial charge is 0.0223 e. The summed E-state index contributed by atoms with van der Waals surface area (Å²) in [7, 11) is 0. The van der Waals surface area contributed by atoms with Crippen molar-refractivity contribution < 1.29 is 0 Å². The molecule has 0 aliphatic heterocycles. The van der Waals surface area contributed by atoms with Gasteiger partial charge in [-0.15, -0.1) is 11.6 Å². The van der Waals surface area contributed by atoms with Gasteiger partial charge in [-0.1, -0.05) is 111 Å². The van der Waals surface area contributed by atoms with Crippen LogP contribution in [0.15, 0.2) is 0 Å². The molecule has 2 heteroatoms. The molecule has 0 amide bonds. The highest BCUT2D eigenvalue weighted by Crippen LogP contribution is 2.12. The van der Waals surface area contributed by atoms with Gasteiger partial charge in [-0.2, -0.15) is 0 Å². The molecule has 0 atom stereocenters. The van der Waals surface area contributed by atoms with Crippen molar-refractivity contribution in [1.82, 2.24) is 0 Å². The highest BCUT2D eigenvalue weighted by Gasteiger charge is 2.02. The zero-order chi connectivity index (χ0) is 18.3. The van der Waals surface area contributed by atoms with Gasteiger partial charge in [0.1, 0.15) is 0 Å². The van der Waals surface area contributed by atoms with Crippen LogP contribution in [-0.4, -0.2) is 11.9 Å². The van der Waals surface area contributed by atoms with Crippen molar-refractivity contribution in [2.45, 2.75) is 136 Å². The van der Waals surface area contributed by atoms with Crippen LogP contribution in [0.4, 0.5) is 0 Å². The second-order valence-electron chi connectivity index (χ2n) is 7.27. The van der Waals surface area contributed by atoms with Gasteiger partial charge >= 0.3 is 0 Å². The van der Waals surface area contributed by atoms with Crippen LogP contribution < -0.4 is 5.73 Å². The SMILES string of the molecule is CCCCCCCCC(N)CCCCCCCC.CCCCCCl. The van der Waals surface area contributed by atoms with Crippen molar-refractivity contribution >= 4 is 11.6 Å². The molecule has 1 nitrogen and oxygen atoms in total. The predicted molar refractivity (Wildman–Crippen MR) is 114 cm³/mol. The molecule has 0 spiro atoms. The molecule has 0 fully saturated rings. The molecule has 0 saturated heterocycles. The quantitative estimate of drug-likeness (QED) is 0.205. The van der Waals surface area contributed by atoms with E-state index in [1.807, 2.05) is 0 Å². The van der Waals surface area contributed by atoms with Gasteiger partial charge in [-0.25, -0.2) is 0 Å². The summed E-state index contributed by atoms with van der Waals surface area (Å²) in [5, 5.41) is 0. The largest absolute Gasteiger partial charge is 0.328 e. The Morgan fingerprint density at radius 3 is 1.21 bits per heavy atom. The number of hydrogen-bond donors (Lipinski definition) is 1. The third-order valence-electron chi connectivity index (χ3n) is 4.59. The molecule has 0 heterocycles. The molecule has 148 valence electrons. The van der Waals surface area contributed by atoms with Crippen molar-refractivity contribution in [2.75, 3.05) is 5.88 Å². The first kappa shape index (κ1) is 26.5. The standard InChI is InChI=1S/C17H37N.C5H11Cl/c1-3-5-7-9-11-13-15-17(18)16-14-12-10-8-6-4-2;1-2-3-4-5-6/h17H,3-16,18H2,1-2H3;2-5H2,1H3. The van der Waals surface area contributed by atoms with Crippen LogP contribution in [0.25, 0.3) is 0 Å². The zero-order valence-corrected chi connectivity index (χ0v) is 18.0. The fourth-order valence-corrected chi connectivity index (χ4v) is 3.05. The summed E-state index contributed by atoms with van der Waals surface area (Å²) < 4.78 is 0. The summed E-state index contributed by atoms with van der Waals surface area (Å²) in [6.45, 7) is 6.72. The summed E-state index contributed by atoms with van der Waals surface area (Å²) in [4.78, 5) is 0. The van der Waals surface area contributed by atoms with Crippen LogP contribution in [0.3, 0.4) is 0 Å². The fraction of sp³-hybridized carbons (Fsp3) is 1.00. The van der Waals surface area contributed by atoms with E-state index in [4.69, 9.17) is 17.3 Å². The van der Waals surface area contributed by atoms with E-state index in [9.17, 15) is 0 Å². The molecule has 0 aliphatic carbocycles. The Bertz CT molecular complexity index is 176. The lowest BCUT2D eigenvalue weighted by Gasteiger charge is -2.11. The highest BCUT2D eigenvalue weighted by molar-refractivity contribution is 6.17. The van der Waals surface area contributed by atoms with Crippen molar-refractivity contribution in [1.29, 1.82) is 0 Å². The molecule has 0 rings (SSSR count). The Hall–Kier alpha value is 0.250. The van der Waals surface area contributed by atoms with E-state index in [-0.39, 0.29) is 0 Å². The van der Waals surface area contributed by atoms with E-state index in [1.165, 1.54) is 109 Å². The first-order valence-corrected chi connectivity index (χ1v) is 11.6. The van der Waals surface area contributed by atoms with Gasteiger partial charge in [-0.3, -0.25) is 0 Å². The molecular formula is C22H48ClN. The van der Waals surface area contributed by atoms with E-state index < -0.39 is 0 Å². The Morgan fingerprint density at radius 1 is 0.542 bits per heavy atom. The number of hydrogen-bond acceptors (Lipinski definition) is 1. The van der Waals surface area contributed by atoms with Crippen molar-refractivity contribution in [3.05, 3.63) is 0 Å². The normalized spacial score (nSPS) is 10.8. The first-order chi connectivity index (χ1) is 11.7. The lowest BCUT2D eigenvalue weighted by Crippen LogP contribution is -2.19. The average molecular weight is 362 g/mol. The van der Waals surface area contributed by atoms with Crippen LogP contribution in [0.2, 0.25) is 0 Å². The minimum Gasteiger partial charge on any atom is -0.328 e. The minimum absolute atomic E-state index is 0.474. The molecule has 0 aromatic carbocycles. The van der Waals surface area contributed by atoms with Gasteiger partial charge in [0, 0.05) is 11.9 Å². The second-order valence-corrected chi connectivity index (χ2v) is 7.65. The van der Waals surface area contributed by atoms with E-state index in [0.29, 0.717) is 6.04 Å². The third kappa shape index (κ3) is 27.1. The Morgan fingerprint density at radius 2 is 0.875 bits per heavy atom. The zero-order valence-electron chi connectivity index (χ0n) is 17.3. The summed E-state index contributed by atoms with van der Waals surface area (Å²) in [6.07, 6.45) is 22.9. The Kier molecular flexibility index (Phi) is 28.1. The Balaban J connectivity index is 0. The summed E-state index contributed by atoms with van der Waals surface area (Å²) in [5.74, 6) is 0.827. The maximum absolute atomic E-state index is 6.16. The van der Waals surface area contributed by atoms with E-state index >= 15 is 0 Å². The molecule has 0 aromatic rings. The monoisotopic (exact) mass is 361 g/mol. The molecule has 0 aromatic heterocycles. The lowest BCUT2D eigenvalue weighted by atomic mass is 10.0. The second kappa shape index (κ2) is 25.5. The number of nitrogens with two attached hydrogens (primary N) is 1. The van der Waals surface area contributed by atoms with Gasteiger partial charge in [-0.05, 0) is 19.3 Å². The number of unbranched alkanes of at least 4 members (excludes halogenated alkanes) is 12. The van der Waals surface area contributed by atoms with Gasteiger partial charge in [0.2, 0.25) is 0 Å². The molecule has 24 heavy (non-hydrogen) atoms. The third-order valence-corrected chi connectivity index (χ3v) is 4.86. The number of halogens is 1. The molecule has 0 aliphatic rings. The molecule has 2 N–H and O–H groups in total. The van der Waals surface area contributed by atoms with E-state index in [2.05, 4.69) is 20.8 Å². The van der Waals surface area contributed by atoms with Crippen LogP contribution in [0, 0.1) is 0 Å². The number of alkyl halides is 1. The van der Waals surface area contributed by atoms with Crippen molar-refractivity contribution in [3.8, 4) is 0 Å². The van der Waals surface area contributed by atoms with Gasteiger partial charge in [0.25, 0.3) is 0 Å². The van der Waals surface area contributed by atoms with Crippen LogP contribution in [0.1, 0.15) is 130 Å². The topological polar surface area (TPSA) is 26.0 Å². The van der Waals surface area contributed by atoms with E-state index in [0.717, 1.165) is 5.88 Å². The molecule has 0 unspecified atom stereocenters.